The maximum absolute atomic E-state index is 13.6. The van der Waals surface area contributed by atoms with Gasteiger partial charge in [-0.3, -0.25) is 10.1 Å². The maximum atomic E-state index is 13.6. The van der Waals surface area contributed by atoms with Gasteiger partial charge in [-0.15, -0.1) is 0 Å². The molecule has 1 aromatic rings. The van der Waals surface area contributed by atoms with E-state index in [1.165, 1.54) is 0 Å². The smallest absolute Gasteiger partial charge is 0.270 e. The molecular weight excluding hydrogens is 279 g/mol. The van der Waals surface area contributed by atoms with Gasteiger partial charge in [-0.2, -0.15) is 4.31 Å². The summed E-state index contributed by atoms with van der Waals surface area (Å²) in [7, 11) is -4.16. The van der Waals surface area contributed by atoms with E-state index in [9.17, 15) is 28.0 Å². The quantitative estimate of drug-likeness (QED) is 0.645. The van der Waals surface area contributed by atoms with Crippen molar-refractivity contribution in [3.8, 4) is 0 Å². The molecule has 0 aliphatic carbocycles. The van der Waals surface area contributed by atoms with E-state index in [2.05, 4.69) is 0 Å². The molecule has 1 heterocycles. The summed E-state index contributed by atoms with van der Waals surface area (Å²) in [4.78, 5) is 9.07. The summed E-state index contributed by atoms with van der Waals surface area (Å²) in [5, 5.41) is 19.9. The molecular formula is C10H11FN2O5S. The van der Waals surface area contributed by atoms with E-state index >= 15 is 0 Å². The van der Waals surface area contributed by atoms with Crippen LogP contribution in [0.15, 0.2) is 23.1 Å². The standard InChI is InChI=1S/C10H11FN2O5S/c11-9-2-1-7(13(15)16)5-10(9)19(17,18)12-4-3-8(14)6-12/h1-2,5,8,14H,3-4,6H2/t8-/m1/s1. The molecule has 104 valence electrons. The van der Waals surface area contributed by atoms with Gasteiger partial charge in [0.15, 0.2) is 0 Å². The van der Waals surface area contributed by atoms with Crippen molar-refractivity contribution in [1.29, 1.82) is 0 Å². The minimum atomic E-state index is -4.16. The monoisotopic (exact) mass is 290 g/mol. The Hall–Kier alpha value is -1.58. The molecule has 9 heteroatoms. The molecule has 7 nitrogen and oxygen atoms in total. The van der Waals surface area contributed by atoms with Crippen LogP contribution in [0.2, 0.25) is 0 Å². The van der Waals surface area contributed by atoms with Crippen LogP contribution in [0.3, 0.4) is 0 Å². The number of β-amino-alcohol motifs (C(OH)–C–C–N with tert-alkyl or cyclic N) is 1. The lowest BCUT2D eigenvalue weighted by Crippen LogP contribution is -2.30. The van der Waals surface area contributed by atoms with Crippen LogP contribution < -0.4 is 0 Å². The molecule has 0 amide bonds. The molecule has 1 aromatic carbocycles. The number of rotatable bonds is 3. The highest BCUT2D eigenvalue weighted by atomic mass is 32.2. The van der Waals surface area contributed by atoms with E-state index < -0.39 is 37.5 Å². The van der Waals surface area contributed by atoms with Gasteiger partial charge < -0.3 is 5.11 Å². The van der Waals surface area contributed by atoms with Crippen LogP contribution in [0.4, 0.5) is 10.1 Å². The molecule has 1 saturated heterocycles. The Kier molecular flexibility index (Phi) is 3.52. The van der Waals surface area contributed by atoms with Gasteiger partial charge in [-0.25, -0.2) is 12.8 Å². The van der Waals surface area contributed by atoms with Crippen molar-refractivity contribution in [2.24, 2.45) is 0 Å². The summed E-state index contributed by atoms with van der Waals surface area (Å²) in [6, 6.07) is 2.33. The molecule has 0 saturated carbocycles. The number of halogens is 1. The van der Waals surface area contributed by atoms with Gasteiger partial charge in [0.2, 0.25) is 10.0 Å². The molecule has 0 aromatic heterocycles. The summed E-state index contributed by atoms with van der Waals surface area (Å²) >= 11 is 0. The number of nitrogens with zero attached hydrogens (tertiary/aromatic N) is 2. The molecule has 0 unspecified atom stereocenters. The summed E-state index contributed by atoms with van der Waals surface area (Å²) in [6.45, 7) is -0.0733. The number of non-ortho nitro benzene ring substituents is 1. The molecule has 1 aliphatic rings. The third-order valence-electron chi connectivity index (χ3n) is 2.87. The molecule has 1 atom stereocenters. The summed E-state index contributed by atoms with van der Waals surface area (Å²) in [5.41, 5.74) is -0.500. The summed E-state index contributed by atoms with van der Waals surface area (Å²) < 4.78 is 38.8. The second-order valence-electron chi connectivity index (χ2n) is 4.18. The zero-order valence-electron chi connectivity index (χ0n) is 9.69. The lowest BCUT2D eigenvalue weighted by molar-refractivity contribution is -0.385. The number of aliphatic hydroxyl groups excluding tert-OH is 1. The van der Waals surface area contributed by atoms with Crippen LogP contribution in [0.5, 0.6) is 0 Å². The Morgan fingerprint density at radius 3 is 2.68 bits per heavy atom. The fourth-order valence-corrected chi connectivity index (χ4v) is 3.45. The minimum absolute atomic E-state index is 0.0611. The van der Waals surface area contributed by atoms with E-state index in [0.29, 0.717) is 6.07 Å². The topological polar surface area (TPSA) is 101 Å². The molecule has 0 bridgehead atoms. The average molecular weight is 290 g/mol. The molecule has 0 spiro atoms. The van der Waals surface area contributed by atoms with Crippen molar-refractivity contribution >= 4 is 15.7 Å². The zero-order valence-corrected chi connectivity index (χ0v) is 10.5. The van der Waals surface area contributed by atoms with Crippen LogP contribution >= 0.6 is 0 Å². The van der Waals surface area contributed by atoms with Crippen molar-refractivity contribution < 1.29 is 22.8 Å². The van der Waals surface area contributed by atoms with Gasteiger partial charge in [-0.1, -0.05) is 0 Å². The number of hydrogen-bond donors (Lipinski definition) is 1. The van der Waals surface area contributed by atoms with Crippen LogP contribution in [0, 0.1) is 15.9 Å². The first-order chi connectivity index (χ1) is 8.82. The Morgan fingerprint density at radius 2 is 2.16 bits per heavy atom. The highest BCUT2D eigenvalue weighted by molar-refractivity contribution is 7.89. The van der Waals surface area contributed by atoms with Crippen LogP contribution in [0.1, 0.15) is 6.42 Å². The zero-order chi connectivity index (χ0) is 14.2. The Balaban J connectivity index is 2.45. The Morgan fingerprint density at radius 1 is 1.47 bits per heavy atom. The first kappa shape index (κ1) is 13.8. The highest BCUT2D eigenvalue weighted by Gasteiger charge is 2.34. The van der Waals surface area contributed by atoms with Crippen molar-refractivity contribution in [3.05, 3.63) is 34.1 Å². The largest absolute Gasteiger partial charge is 0.392 e. The van der Waals surface area contributed by atoms with Gasteiger partial charge in [0.1, 0.15) is 10.7 Å². The van der Waals surface area contributed by atoms with Crippen molar-refractivity contribution in [1.82, 2.24) is 4.31 Å². The number of aliphatic hydroxyl groups is 1. The van der Waals surface area contributed by atoms with Gasteiger partial charge in [0.05, 0.1) is 11.0 Å². The average Bonchev–Trinajstić information content (AvgIpc) is 2.76. The molecule has 1 fully saturated rings. The van der Waals surface area contributed by atoms with Gasteiger partial charge in [-0.05, 0) is 12.5 Å². The Bertz CT molecular complexity index is 618. The number of sulfonamides is 1. The number of hydrogen-bond acceptors (Lipinski definition) is 5. The molecule has 2 rings (SSSR count). The van der Waals surface area contributed by atoms with Crippen molar-refractivity contribution in [3.63, 3.8) is 0 Å². The predicted molar refractivity (Wildman–Crippen MR) is 62.4 cm³/mol. The number of nitro groups is 1. The minimum Gasteiger partial charge on any atom is -0.392 e. The van der Waals surface area contributed by atoms with Crippen LogP contribution in [-0.2, 0) is 10.0 Å². The molecule has 19 heavy (non-hydrogen) atoms. The van der Waals surface area contributed by atoms with Crippen molar-refractivity contribution in [2.75, 3.05) is 13.1 Å². The molecule has 0 radical (unpaired) electrons. The van der Waals surface area contributed by atoms with Gasteiger partial charge in [0.25, 0.3) is 5.69 Å². The third kappa shape index (κ3) is 2.57. The van der Waals surface area contributed by atoms with Crippen LogP contribution in [-0.4, -0.2) is 41.9 Å². The highest BCUT2D eigenvalue weighted by Crippen LogP contribution is 2.26. The number of benzene rings is 1. The summed E-state index contributed by atoms with van der Waals surface area (Å²) in [6.07, 6.45) is -0.535. The maximum Gasteiger partial charge on any atom is 0.270 e. The first-order valence-electron chi connectivity index (χ1n) is 5.44. The van der Waals surface area contributed by atoms with E-state index in [1.807, 2.05) is 0 Å². The SMILES string of the molecule is O=[N+]([O-])c1ccc(F)c(S(=O)(=O)N2CC[C@@H](O)C2)c1. The molecule has 1 aliphatic heterocycles. The Labute approximate surface area is 108 Å². The fourth-order valence-electron chi connectivity index (χ4n) is 1.87. The van der Waals surface area contributed by atoms with E-state index in [0.717, 1.165) is 16.4 Å². The van der Waals surface area contributed by atoms with Crippen molar-refractivity contribution in [2.45, 2.75) is 17.4 Å². The number of nitro benzene ring substituents is 1. The van der Waals surface area contributed by atoms with Gasteiger partial charge >= 0.3 is 0 Å². The fraction of sp³-hybridized carbons (Fsp3) is 0.400. The lowest BCUT2D eigenvalue weighted by atomic mass is 10.3. The first-order valence-corrected chi connectivity index (χ1v) is 6.88. The normalized spacial score (nSPS) is 20.6. The van der Waals surface area contributed by atoms with Gasteiger partial charge in [0, 0.05) is 25.2 Å². The third-order valence-corrected chi connectivity index (χ3v) is 4.75. The lowest BCUT2D eigenvalue weighted by Gasteiger charge is -2.15. The van der Waals surface area contributed by atoms with Crippen LogP contribution in [0.25, 0.3) is 0 Å². The molecule has 1 N–H and O–H groups in total. The predicted octanol–water partition coefficient (Wildman–Crippen LogP) is 0.489. The van der Waals surface area contributed by atoms with E-state index in [1.54, 1.807) is 0 Å². The summed E-state index contributed by atoms with van der Waals surface area (Å²) in [5.74, 6) is -1.05. The second-order valence-corrected chi connectivity index (χ2v) is 6.08. The second kappa shape index (κ2) is 4.83. The van der Waals surface area contributed by atoms with E-state index in [-0.39, 0.29) is 19.5 Å². The van der Waals surface area contributed by atoms with E-state index in [4.69, 9.17) is 0 Å².